The van der Waals surface area contributed by atoms with Crippen LogP contribution in [0.1, 0.15) is 19.8 Å². The van der Waals surface area contributed by atoms with E-state index in [4.69, 9.17) is 0 Å². The molecule has 1 rings (SSSR count). The number of allylic oxidation sites excluding steroid dienone is 1. The Bertz CT molecular complexity index is 187. The minimum absolute atomic E-state index is 0.240. The molecule has 0 spiro atoms. The smallest absolute Gasteiger partial charge is 0.413 e. The lowest BCUT2D eigenvalue weighted by Gasteiger charge is -2.16. The minimum Gasteiger partial charge on any atom is -0.452 e. The zero-order chi connectivity index (χ0) is 8.27. The summed E-state index contributed by atoms with van der Waals surface area (Å²) in [5.74, 6) is 0. The van der Waals surface area contributed by atoms with E-state index in [9.17, 15) is 4.79 Å². The number of hydrogen-bond donors (Lipinski definition) is 0. The van der Waals surface area contributed by atoms with Crippen LogP contribution in [0, 0.1) is 0 Å². The molecule has 0 atom stereocenters. The van der Waals surface area contributed by atoms with Gasteiger partial charge >= 0.3 is 6.09 Å². The molecular weight excluding hydrogens is 142 g/mol. The number of methoxy groups -OCH3 is 1. The Labute approximate surface area is 66.6 Å². The summed E-state index contributed by atoms with van der Waals surface area (Å²) >= 11 is 0. The van der Waals surface area contributed by atoms with Crippen molar-refractivity contribution in [1.29, 1.82) is 0 Å². The Balaban J connectivity index is 2.59. The van der Waals surface area contributed by atoms with Gasteiger partial charge < -0.3 is 4.74 Å². The van der Waals surface area contributed by atoms with Gasteiger partial charge in [-0.25, -0.2) is 4.79 Å². The molecule has 11 heavy (non-hydrogen) atoms. The van der Waals surface area contributed by atoms with E-state index >= 15 is 0 Å². The van der Waals surface area contributed by atoms with Gasteiger partial charge in [0.1, 0.15) is 0 Å². The molecule has 0 bridgehead atoms. The van der Waals surface area contributed by atoms with E-state index in [1.165, 1.54) is 7.11 Å². The third-order valence-corrected chi connectivity index (χ3v) is 1.84. The van der Waals surface area contributed by atoms with Crippen LogP contribution in [-0.2, 0) is 4.74 Å². The molecule has 0 saturated carbocycles. The van der Waals surface area contributed by atoms with E-state index < -0.39 is 0 Å². The van der Waals surface area contributed by atoms with Gasteiger partial charge in [-0.2, -0.15) is 0 Å². The van der Waals surface area contributed by atoms with Crippen molar-refractivity contribution in [3.63, 3.8) is 0 Å². The van der Waals surface area contributed by atoms with Crippen LogP contribution in [0.3, 0.4) is 0 Å². The Kier molecular flexibility index (Phi) is 2.52. The fraction of sp³-hybridized carbons (Fsp3) is 0.625. The highest BCUT2D eigenvalue weighted by Crippen LogP contribution is 2.18. The first-order valence-electron chi connectivity index (χ1n) is 3.84. The molecule has 0 radical (unpaired) electrons. The molecule has 1 heterocycles. The van der Waals surface area contributed by atoms with E-state index in [2.05, 4.69) is 10.8 Å². The van der Waals surface area contributed by atoms with Crippen molar-refractivity contribution in [3.8, 4) is 0 Å². The molecule has 0 unspecified atom stereocenters. The van der Waals surface area contributed by atoms with Gasteiger partial charge in [0.2, 0.25) is 0 Å². The molecule has 0 fully saturated rings. The maximum absolute atomic E-state index is 11.0. The molecule has 1 aliphatic rings. The lowest BCUT2D eigenvalue weighted by atomic mass is 10.3. The minimum atomic E-state index is -0.240. The number of nitrogens with zero attached hydrogens (tertiary/aromatic N) is 1. The summed E-state index contributed by atoms with van der Waals surface area (Å²) in [7, 11) is 1.41. The van der Waals surface area contributed by atoms with Gasteiger partial charge in [0.15, 0.2) is 0 Å². The first-order valence-corrected chi connectivity index (χ1v) is 3.84. The van der Waals surface area contributed by atoms with Crippen LogP contribution in [0.25, 0.3) is 0 Å². The summed E-state index contributed by atoms with van der Waals surface area (Å²) in [6.07, 6.45) is 3.69. The topological polar surface area (TPSA) is 29.5 Å². The second-order valence-corrected chi connectivity index (χ2v) is 2.46. The number of carbonyl (C=O) groups is 1. The van der Waals surface area contributed by atoms with E-state index in [0.717, 1.165) is 25.1 Å². The van der Waals surface area contributed by atoms with Gasteiger partial charge in [-0.3, -0.25) is 4.90 Å². The van der Waals surface area contributed by atoms with E-state index in [-0.39, 0.29) is 6.09 Å². The molecule has 0 aromatic carbocycles. The van der Waals surface area contributed by atoms with Crippen molar-refractivity contribution < 1.29 is 9.53 Å². The number of hydrogen-bond acceptors (Lipinski definition) is 2. The lowest BCUT2D eigenvalue weighted by molar-refractivity contribution is 0.138. The summed E-state index contributed by atoms with van der Waals surface area (Å²) in [6, 6.07) is 0. The zero-order valence-electron chi connectivity index (χ0n) is 6.96. The predicted octanol–water partition coefficient (Wildman–Crippen LogP) is 1.75. The summed E-state index contributed by atoms with van der Waals surface area (Å²) < 4.78 is 4.61. The van der Waals surface area contributed by atoms with Gasteiger partial charge in [-0.15, -0.1) is 0 Å². The summed E-state index contributed by atoms with van der Waals surface area (Å²) in [4.78, 5) is 12.7. The molecule has 1 amide bonds. The highest BCUT2D eigenvalue weighted by Gasteiger charge is 2.20. The monoisotopic (exact) mass is 155 g/mol. The Hall–Kier alpha value is -0.990. The maximum atomic E-state index is 11.0. The van der Waals surface area contributed by atoms with Crippen molar-refractivity contribution in [3.05, 3.63) is 11.8 Å². The van der Waals surface area contributed by atoms with Crippen molar-refractivity contribution in [2.45, 2.75) is 19.8 Å². The number of carbonyl (C=O) groups excluding carboxylic acids is 1. The fourth-order valence-corrected chi connectivity index (χ4v) is 1.27. The maximum Gasteiger partial charge on any atom is 0.413 e. The molecule has 0 N–H and O–H groups in total. The highest BCUT2D eigenvalue weighted by molar-refractivity contribution is 5.70. The number of rotatable bonds is 1. The molecular formula is C8H13NO2. The quantitative estimate of drug-likeness (QED) is 0.577. The zero-order valence-corrected chi connectivity index (χ0v) is 6.96. The van der Waals surface area contributed by atoms with Crippen LogP contribution in [0.2, 0.25) is 0 Å². The molecule has 0 aromatic rings. The summed E-state index contributed by atoms with van der Waals surface area (Å²) in [5, 5.41) is 0. The van der Waals surface area contributed by atoms with Crippen LogP contribution in [0.5, 0.6) is 0 Å². The van der Waals surface area contributed by atoms with Gasteiger partial charge in [-0.1, -0.05) is 13.0 Å². The van der Waals surface area contributed by atoms with Gasteiger partial charge in [0.05, 0.1) is 7.11 Å². The Morgan fingerprint density at radius 1 is 1.82 bits per heavy atom. The van der Waals surface area contributed by atoms with Crippen molar-refractivity contribution in [2.75, 3.05) is 13.7 Å². The average Bonchev–Trinajstić information content (AvgIpc) is 2.50. The van der Waals surface area contributed by atoms with Crippen LogP contribution in [-0.4, -0.2) is 24.6 Å². The summed E-state index contributed by atoms with van der Waals surface area (Å²) in [6.45, 7) is 2.81. The SMILES string of the molecule is CCC1=CCCN1C(=O)OC. The molecule has 3 heteroatoms. The van der Waals surface area contributed by atoms with Gasteiger partial charge in [-0.05, 0) is 12.8 Å². The third kappa shape index (κ3) is 1.53. The third-order valence-electron chi connectivity index (χ3n) is 1.84. The number of amides is 1. The van der Waals surface area contributed by atoms with E-state index in [0.29, 0.717) is 0 Å². The molecule has 0 saturated heterocycles. The van der Waals surface area contributed by atoms with Gasteiger partial charge in [0.25, 0.3) is 0 Å². The molecule has 3 nitrogen and oxygen atoms in total. The summed E-state index contributed by atoms with van der Waals surface area (Å²) in [5.41, 5.74) is 1.08. The standard InChI is InChI=1S/C8H13NO2/c1-3-7-5-4-6-9(7)8(10)11-2/h5H,3-4,6H2,1-2H3. The van der Waals surface area contributed by atoms with Gasteiger partial charge in [0, 0.05) is 12.2 Å². The van der Waals surface area contributed by atoms with Crippen LogP contribution >= 0.6 is 0 Å². The van der Waals surface area contributed by atoms with Crippen molar-refractivity contribution in [2.24, 2.45) is 0 Å². The first kappa shape index (κ1) is 8.11. The molecule has 1 aliphatic heterocycles. The molecule has 62 valence electrons. The lowest BCUT2D eigenvalue weighted by Crippen LogP contribution is -2.27. The van der Waals surface area contributed by atoms with Crippen LogP contribution < -0.4 is 0 Å². The molecule has 0 aromatic heterocycles. The second-order valence-electron chi connectivity index (χ2n) is 2.46. The first-order chi connectivity index (χ1) is 5.29. The van der Waals surface area contributed by atoms with Crippen molar-refractivity contribution in [1.82, 2.24) is 4.90 Å². The average molecular weight is 155 g/mol. The number of ether oxygens (including phenoxy) is 1. The predicted molar refractivity (Wildman–Crippen MR) is 42.1 cm³/mol. The fourth-order valence-electron chi connectivity index (χ4n) is 1.27. The molecule has 0 aliphatic carbocycles. The van der Waals surface area contributed by atoms with Crippen LogP contribution in [0.4, 0.5) is 4.79 Å². The largest absolute Gasteiger partial charge is 0.452 e. The Morgan fingerprint density at radius 2 is 2.55 bits per heavy atom. The van der Waals surface area contributed by atoms with E-state index in [1.807, 2.05) is 6.92 Å². The van der Waals surface area contributed by atoms with Crippen LogP contribution in [0.15, 0.2) is 11.8 Å². The normalized spacial score (nSPS) is 16.5. The Morgan fingerprint density at radius 3 is 3.09 bits per heavy atom. The van der Waals surface area contributed by atoms with Crippen molar-refractivity contribution >= 4 is 6.09 Å². The second kappa shape index (κ2) is 3.42. The van der Waals surface area contributed by atoms with E-state index in [1.54, 1.807) is 4.90 Å². The highest BCUT2D eigenvalue weighted by atomic mass is 16.5.